The highest BCUT2D eigenvalue weighted by Crippen LogP contribution is 2.43. The monoisotopic (exact) mass is 417 g/mol. The van der Waals surface area contributed by atoms with E-state index in [1.54, 1.807) is 18.4 Å². The number of aliphatic hydroxyl groups excluding tert-OH is 2. The average Bonchev–Trinajstić information content (AvgIpc) is 3.46. The van der Waals surface area contributed by atoms with Crippen molar-refractivity contribution in [3.05, 3.63) is 37.8 Å². The number of H-pyrrole nitrogens is 1. The number of benzene rings is 1. The SMILES string of the molecule is Cc1c(F)c(N2CC3CCCC(O)C(O)C3C2)c(C)c2c1c(=O)[nH]c(=O)n2C1CC1. The minimum atomic E-state index is -0.820. The summed E-state index contributed by atoms with van der Waals surface area (Å²) in [5, 5.41) is 21.0. The molecule has 0 amide bonds. The Bertz CT molecular complexity index is 1140. The summed E-state index contributed by atoms with van der Waals surface area (Å²) in [6, 6.07) is 0.0369. The van der Waals surface area contributed by atoms with Crippen molar-refractivity contribution in [2.24, 2.45) is 11.8 Å². The Labute approximate surface area is 173 Å². The van der Waals surface area contributed by atoms with Crippen LogP contribution in [-0.4, -0.2) is 45.1 Å². The van der Waals surface area contributed by atoms with Gasteiger partial charge in [-0.15, -0.1) is 0 Å². The highest BCUT2D eigenvalue weighted by atomic mass is 19.1. The Morgan fingerprint density at radius 3 is 2.47 bits per heavy atom. The fraction of sp³-hybridized carbons (Fsp3) is 0.636. The second-order valence-corrected chi connectivity index (χ2v) is 9.31. The summed E-state index contributed by atoms with van der Waals surface area (Å²) in [5.41, 5.74) is 0.772. The van der Waals surface area contributed by atoms with Crippen LogP contribution in [0.25, 0.3) is 10.9 Å². The van der Waals surface area contributed by atoms with Crippen LogP contribution >= 0.6 is 0 Å². The first-order valence-corrected chi connectivity index (χ1v) is 10.9. The predicted molar refractivity (Wildman–Crippen MR) is 112 cm³/mol. The van der Waals surface area contributed by atoms with Gasteiger partial charge in [0.25, 0.3) is 5.56 Å². The van der Waals surface area contributed by atoms with Crippen molar-refractivity contribution in [1.29, 1.82) is 0 Å². The summed E-state index contributed by atoms with van der Waals surface area (Å²) in [4.78, 5) is 29.4. The maximum absolute atomic E-state index is 15.6. The topological polar surface area (TPSA) is 98.6 Å². The third-order valence-electron chi connectivity index (χ3n) is 7.39. The van der Waals surface area contributed by atoms with E-state index in [-0.39, 0.29) is 28.8 Å². The van der Waals surface area contributed by atoms with Crippen LogP contribution in [0.15, 0.2) is 9.59 Å². The van der Waals surface area contributed by atoms with Gasteiger partial charge in [-0.2, -0.15) is 0 Å². The van der Waals surface area contributed by atoms with Crippen LogP contribution in [0.2, 0.25) is 0 Å². The summed E-state index contributed by atoms with van der Waals surface area (Å²) in [5.74, 6) is -0.392. The van der Waals surface area contributed by atoms with Gasteiger partial charge in [0.1, 0.15) is 0 Å². The molecule has 0 spiro atoms. The first-order valence-electron chi connectivity index (χ1n) is 10.9. The number of anilines is 1. The molecule has 0 radical (unpaired) electrons. The quantitative estimate of drug-likeness (QED) is 0.691. The molecule has 1 saturated heterocycles. The second kappa shape index (κ2) is 6.92. The number of aryl methyl sites for hydroxylation is 2. The molecule has 1 aromatic heterocycles. The maximum Gasteiger partial charge on any atom is 0.329 e. The minimum absolute atomic E-state index is 0.0369. The first kappa shape index (κ1) is 19.8. The molecule has 162 valence electrons. The number of nitrogens with zero attached hydrogens (tertiary/aromatic N) is 2. The number of nitrogens with one attached hydrogen (secondary N) is 1. The van der Waals surface area contributed by atoms with E-state index >= 15 is 4.39 Å². The molecule has 4 unspecified atom stereocenters. The Balaban J connectivity index is 1.68. The number of halogens is 1. The number of aliphatic hydroxyl groups is 2. The highest BCUT2D eigenvalue weighted by Gasteiger charge is 2.43. The van der Waals surface area contributed by atoms with Gasteiger partial charge in [0.15, 0.2) is 5.82 Å². The van der Waals surface area contributed by atoms with Crippen molar-refractivity contribution in [3.8, 4) is 0 Å². The van der Waals surface area contributed by atoms with Crippen LogP contribution in [-0.2, 0) is 0 Å². The third-order valence-corrected chi connectivity index (χ3v) is 7.39. The van der Waals surface area contributed by atoms with E-state index < -0.39 is 29.3 Å². The zero-order valence-corrected chi connectivity index (χ0v) is 17.3. The summed E-state index contributed by atoms with van der Waals surface area (Å²) in [7, 11) is 0. The number of hydrogen-bond acceptors (Lipinski definition) is 5. The Morgan fingerprint density at radius 2 is 1.77 bits per heavy atom. The molecule has 8 heteroatoms. The van der Waals surface area contributed by atoms with Gasteiger partial charge in [-0.25, -0.2) is 9.18 Å². The Kier molecular flexibility index (Phi) is 4.56. The zero-order valence-electron chi connectivity index (χ0n) is 17.3. The molecule has 2 aromatic rings. The molecule has 2 saturated carbocycles. The maximum atomic E-state index is 15.6. The third kappa shape index (κ3) is 2.84. The lowest BCUT2D eigenvalue weighted by Gasteiger charge is -2.26. The summed E-state index contributed by atoms with van der Waals surface area (Å²) >= 11 is 0. The van der Waals surface area contributed by atoms with Crippen molar-refractivity contribution in [2.75, 3.05) is 18.0 Å². The largest absolute Gasteiger partial charge is 0.390 e. The van der Waals surface area contributed by atoms with Crippen LogP contribution in [0.1, 0.15) is 49.3 Å². The number of hydrogen-bond donors (Lipinski definition) is 3. The van der Waals surface area contributed by atoms with Crippen LogP contribution in [0.4, 0.5) is 10.1 Å². The van der Waals surface area contributed by atoms with Gasteiger partial charge in [0, 0.05) is 36.2 Å². The van der Waals surface area contributed by atoms with E-state index in [0.717, 1.165) is 25.7 Å². The molecule has 7 nitrogen and oxygen atoms in total. The molecule has 0 bridgehead atoms. The number of rotatable bonds is 2. The van der Waals surface area contributed by atoms with E-state index in [1.165, 1.54) is 0 Å². The smallest absolute Gasteiger partial charge is 0.329 e. The van der Waals surface area contributed by atoms with Gasteiger partial charge >= 0.3 is 5.69 Å². The van der Waals surface area contributed by atoms with Crippen LogP contribution in [0, 0.1) is 31.5 Å². The summed E-state index contributed by atoms with van der Waals surface area (Å²) in [6.07, 6.45) is 2.47. The molecule has 2 aliphatic carbocycles. The standard InChI is InChI=1S/C22H28FN3O4/c1-10-16-18(26(13-6-7-13)22(30)24-21(16)29)11(2)19(17(10)23)25-8-12-4-3-5-15(27)20(28)14(12)9-25/h12-15,20,27-28H,3-9H2,1-2H3,(H,24,29,30). The number of aromatic amines is 1. The van der Waals surface area contributed by atoms with Gasteiger partial charge in [-0.1, -0.05) is 6.42 Å². The second-order valence-electron chi connectivity index (χ2n) is 9.31. The molecule has 5 rings (SSSR count). The van der Waals surface area contributed by atoms with Crippen LogP contribution < -0.4 is 16.1 Å². The Morgan fingerprint density at radius 1 is 1.03 bits per heavy atom. The number of aromatic nitrogens is 2. The predicted octanol–water partition coefficient (Wildman–Crippen LogP) is 1.74. The van der Waals surface area contributed by atoms with Crippen LogP contribution in [0.5, 0.6) is 0 Å². The lowest BCUT2D eigenvalue weighted by molar-refractivity contribution is -0.0161. The Hall–Kier alpha value is -2.19. The number of fused-ring (bicyclic) bond motifs is 2. The molecule has 3 fully saturated rings. The van der Waals surface area contributed by atoms with Crippen molar-refractivity contribution >= 4 is 16.6 Å². The van der Waals surface area contributed by atoms with E-state index in [2.05, 4.69) is 4.98 Å². The molecule has 4 atom stereocenters. The van der Waals surface area contributed by atoms with Gasteiger partial charge in [-0.3, -0.25) is 14.3 Å². The molecule has 1 aromatic carbocycles. The molecule has 1 aliphatic heterocycles. The van der Waals surface area contributed by atoms with Crippen LogP contribution in [0.3, 0.4) is 0 Å². The van der Waals surface area contributed by atoms with E-state index in [4.69, 9.17) is 0 Å². The van der Waals surface area contributed by atoms with Crippen molar-refractivity contribution in [1.82, 2.24) is 9.55 Å². The molecular formula is C22H28FN3O4. The van der Waals surface area contributed by atoms with E-state index in [9.17, 15) is 19.8 Å². The average molecular weight is 417 g/mol. The lowest BCUT2D eigenvalue weighted by Crippen LogP contribution is -2.36. The summed E-state index contributed by atoms with van der Waals surface area (Å²) < 4.78 is 17.2. The molecule has 3 N–H and O–H groups in total. The zero-order chi connectivity index (χ0) is 21.3. The minimum Gasteiger partial charge on any atom is -0.390 e. The fourth-order valence-corrected chi connectivity index (χ4v) is 5.70. The molecular weight excluding hydrogens is 389 g/mol. The van der Waals surface area contributed by atoms with Crippen molar-refractivity contribution < 1.29 is 14.6 Å². The van der Waals surface area contributed by atoms with Crippen molar-refractivity contribution in [3.63, 3.8) is 0 Å². The fourth-order valence-electron chi connectivity index (χ4n) is 5.70. The van der Waals surface area contributed by atoms with Gasteiger partial charge in [0.2, 0.25) is 0 Å². The van der Waals surface area contributed by atoms with Gasteiger partial charge < -0.3 is 15.1 Å². The molecule has 30 heavy (non-hydrogen) atoms. The highest BCUT2D eigenvalue weighted by molar-refractivity contribution is 5.90. The molecule has 2 heterocycles. The summed E-state index contributed by atoms with van der Waals surface area (Å²) in [6.45, 7) is 4.40. The normalized spacial score (nSPS) is 29.3. The van der Waals surface area contributed by atoms with Gasteiger partial charge in [-0.05, 0) is 45.4 Å². The molecule has 3 aliphatic rings. The van der Waals surface area contributed by atoms with E-state index in [1.807, 2.05) is 4.90 Å². The first-order chi connectivity index (χ1) is 14.3. The van der Waals surface area contributed by atoms with Gasteiger partial charge in [0.05, 0.1) is 28.8 Å². The lowest BCUT2D eigenvalue weighted by atomic mass is 9.89. The van der Waals surface area contributed by atoms with Crippen molar-refractivity contribution in [2.45, 2.75) is 64.2 Å². The van der Waals surface area contributed by atoms with E-state index in [0.29, 0.717) is 36.3 Å².